The standard InChI is InChI=1S/C4H5NO3S/c5-3(6)1-2(9)4(7)8/h1H2,(H2,5,6)(H,7,8). The number of rotatable bonds is 3. The summed E-state index contributed by atoms with van der Waals surface area (Å²) >= 11 is 4.25. The van der Waals surface area contributed by atoms with E-state index in [-0.39, 0.29) is 11.3 Å². The number of carboxylic acids is 1. The van der Waals surface area contributed by atoms with Crippen molar-refractivity contribution in [2.45, 2.75) is 6.42 Å². The van der Waals surface area contributed by atoms with Gasteiger partial charge in [0.2, 0.25) is 5.91 Å². The Bertz CT molecular complexity index is 165. The first kappa shape index (κ1) is 8.03. The second kappa shape index (κ2) is 3.13. The summed E-state index contributed by atoms with van der Waals surface area (Å²) < 4.78 is 0. The third kappa shape index (κ3) is 3.60. The smallest absolute Gasteiger partial charge is 0.343 e. The van der Waals surface area contributed by atoms with Gasteiger partial charge in [0.25, 0.3) is 0 Å². The fourth-order valence-corrected chi connectivity index (χ4v) is 0.376. The summed E-state index contributed by atoms with van der Waals surface area (Å²) in [5.41, 5.74) is 4.64. The molecular formula is C4H5NO3S. The van der Waals surface area contributed by atoms with Gasteiger partial charge in [-0.3, -0.25) is 4.79 Å². The average molecular weight is 147 g/mol. The van der Waals surface area contributed by atoms with Crippen molar-refractivity contribution in [2.75, 3.05) is 0 Å². The van der Waals surface area contributed by atoms with E-state index in [0.717, 1.165) is 0 Å². The molecule has 0 aliphatic rings. The molecule has 0 rings (SSSR count). The van der Waals surface area contributed by atoms with E-state index in [1.165, 1.54) is 0 Å². The van der Waals surface area contributed by atoms with E-state index in [9.17, 15) is 9.59 Å². The van der Waals surface area contributed by atoms with Gasteiger partial charge in [-0.15, -0.1) is 0 Å². The molecule has 0 radical (unpaired) electrons. The van der Waals surface area contributed by atoms with Crippen molar-refractivity contribution < 1.29 is 14.7 Å². The predicted molar refractivity (Wildman–Crippen MR) is 34.0 cm³/mol. The largest absolute Gasteiger partial charge is 0.477 e. The zero-order chi connectivity index (χ0) is 7.44. The molecule has 1 amide bonds. The third-order valence-electron chi connectivity index (χ3n) is 0.573. The topological polar surface area (TPSA) is 80.4 Å². The lowest BCUT2D eigenvalue weighted by atomic mass is 10.3. The van der Waals surface area contributed by atoms with Crippen molar-refractivity contribution in [1.29, 1.82) is 0 Å². The second-order valence-electron chi connectivity index (χ2n) is 1.37. The van der Waals surface area contributed by atoms with E-state index in [0.29, 0.717) is 0 Å². The Balaban J connectivity index is 3.79. The number of carboxylic acid groups (broad SMARTS) is 1. The molecule has 0 unspecified atom stereocenters. The molecule has 50 valence electrons. The molecule has 4 nitrogen and oxygen atoms in total. The van der Waals surface area contributed by atoms with Gasteiger partial charge in [-0.2, -0.15) is 0 Å². The van der Waals surface area contributed by atoms with Crippen molar-refractivity contribution >= 4 is 29.0 Å². The Morgan fingerprint density at radius 1 is 1.56 bits per heavy atom. The van der Waals surface area contributed by atoms with Crippen LogP contribution in [0.1, 0.15) is 6.42 Å². The zero-order valence-corrected chi connectivity index (χ0v) is 5.27. The number of hydrogen-bond acceptors (Lipinski definition) is 3. The number of aliphatic carboxylic acids is 1. The summed E-state index contributed by atoms with van der Waals surface area (Å²) in [6.07, 6.45) is -0.356. The van der Waals surface area contributed by atoms with Crippen molar-refractivity contribution in [3.8, 4) is 0 Å². The number of nitrogens with two attached hydrogens (primary N) is 1. The van der Waals surface area contributed by atoms with Crippen LogP contribution in [0.3, 0.4) is 0 Å². The van der Waals surface area contributed by atoms with Crippen LogP contribution >= 0.6 is 12.2 Å². The highest BCUT2D eigenvalue weighted by Crippen LogP contribution is 1.84. The zero-order valence-electron chi connectivity index (χ0n) is 4.46. The minimum atomic E-state index is -1.26. The molecule has 0 spiro atoms. The minimum Gasteiger partial charge on any atom is -0.477 e. The summed E-state index contributed by atoms with van der Waals surface area (Å²) in [5, 5.41) is 8.08. The van der Waals surface area contributed by atoms with E-state index < -0.39 is 11.9 Å². The van der Waals surface area contributed by atoms with Crippen LogP contribution in [0.2, 0.25) is 0 Å². The van der Waals surface area contributed by atoms with Crippen molar-refractivity contribution in [3.63, 3.8) is 0 Å². The van der Waals surface area contributed by atoms with E-state index in [1.807, 2.05) is 0 Å². The Morgan fingerprint density at radius 2 is 2.00 bits per heavy atom. The van der Waals surface area contributed by atoms with Gasteiger partial charge in [0.15, 0.2) is 0 Å². The molecule has 0 aliphatic carbocycles. The Kier molecular flexibility index (Phi) is 2.80. The second-order valence-corrected chi connectivity index (χ2v) is 1.86. The van der Waals surface area contributed by atoms with Gasteiger partial charge in [-0.05, 0) is 0 Å². The van der Waals surface area contributed by atoms with E-state index in [1.54, 1.807) is 0 Å². The van der Waals surface area contributed by atoms with E-state index in [2.05, 4.69) is 18.0 Å². The fourth-order valence-electron chi connectivity index (χ4n) is 0.234. The number of carbonyl (C=O) groups excluding carboxylic acids is 1. The van der Waals surface area contributed by atoms with Gasteiger partial charge in [-0.1, -0.05) is 12.2 Å². The predicted octanol–water partition coefficient (Wildman–Crippen LogP) is -0.684. The van der Waals surface area contributed by atoms with Crippen LogP contribution < -0.4 is 5.73 Å². The maximum atomic E-state index is 9.99. The van der Waals surface area contributed by atoms with Crippen LogP contribution in [0.25, 0.3) is 0 Å². The highest BCUT2D eigenvalue weighted by Gasteiger charge is 2.08. The SMILES string of the molecule is NC(=O)CC(=S)C(=O)O. The fraction of sp³-hybridized carbons (Fsp3) is 0.250. The van der Waals surface area contributed by atoms with Gasteiger partial charge < -0.3 is 10.8 Å². The van der Waals surface area contributed by atoms with Crippen LogP contribution in [-0.4, -0.2) is 21.8 Å². The summed E-state index contributed by atoms with van der Waals surface area (Å²) in [4.78, 5) is 19.5. The molecular weight excluding hydrogens is 142 g/mol. The first-order chi connectivity index (χ1) is 4.04. The Morgan fingerprint density at radius 3 is 2.11 bits per heavy atom. The summed E-state index contributed by atoms with van der Waals surface area (Å²) in [5.74, 6) is -1.98. The third-order valence-corrected chi connectivity index (χ3v) is 0.892. The maximum absolute atomic E-state index is 9.99. The van der Waals surface area contributed by atoms with Gasteiger partial charge in [0, 0.05) is 0 Å². The molecule has 0 heterocycles. The van der Waals surface area contributed by atoms with Crippen LogP contribution in [0, 0.1) is 0 Å². The van der Waals surface area contributed by atoms with Crippen molar-refractivity contribution in [3.05, 3.63) is 0 Å². The van der Waals surface area contributed by atoms with E-state index in [4.69, 9.17) is 5.11 Å². The summed E-state index contributed by atoms with van der Waals surface area (Å²) in [6.45, 7) is 0. The lowest BCUT2D eigenvalue weighted by Crippen LogP contribution is -2.20. The van der Waals surface area contributed by atoms with Crippen LogP contribution in [-0.2, 0) is 9.59 Å². The van der Waals surface area contributed by atoms with Crippen molar-refractivity contribution in [1.82, 2.24) is 0 Å². The summed E-state index contributed by atoms with van der Waals surface area (Å²) in [6, 6.07) is 0. The molecule has 0 saturated carbocycles. The molecule has 0 aromatic heterocycles. The minimum absolute atomic E-state index is 0.345. The Hall–Kier alpha value is -0.970. The van der Waals surface area contributed by atoms with Gasteiger partial charge in [0.05, 0.1) is 6.42 Å². The number of primary amides is 1. The molecule has 0 atom stereocenters. The highest BCUT2D eigenvalue weighted by molar-refractivity contribution is 7.82. The van der Waals surface area contributed by atoms with Gasteiger partial charge in [-0.25, -0.2) is 4.79 Å². The monoisotopic (exact) mass is 147 g/mol. The highest BCUT2D eigenvalue weighted by atomic mass is 32.1. The normalized spacial score (nSPS) is 8.44. The van der Waals surface area contributed by atoms with Gasteiger partial charge in [0.1, 0.15) is 4.86 Å². The van der Waals surface area contributed by atoms with E-state index >= 15 is 0 Å². The molecule has 9 heavy (non-hydrogen) atoms. The van der Waals surface area contributed by atoms with Crippen LogP contribution in [0.4, 0.5) is 0 Å². The molecule has 0 aliphatic heterocycles. The van der Waals surface area contributed by atoms with Gasteiger partial charge >= 0.3 is 5.97 Å². The molecule has 3 N–H and O–H groups in total. The quantitative estimate of drug-likeness (QED) is 0.518. The molecule has 0 aromatic carbocycles. The molecule has 0 fully saturated rings. The van der Waals surface area contributed by atoms with Crippen LogP contribution in [0.5, 0.6) is 0 Å². The number of thiocarbonyl (C=S) groups is 1. The van der Waals surface area contributed by atoms with Crippen molar-refractivity contribution in [2.24, 2.45) is 5.73 Å². The molecule has 0 bridgehead atoms. The molecule has 5 heteroatoms. The number of amides is 1. The average Bonchev–Trinajstić information content (AvgIpc) is 1.63. The lowest BCUT2D eigenvalue weighted by molar-refractivity contribution is -0.130. The molecule has 0 aromatic rings. The Labute approximate surface area is 56.7 Å². The molecule has 0 saturated heterocycles. The summed E-state index contributed by atoms with van der Waals surface area (Å²) in [7, 11) is 0. The maximum Gasteiger partial charge on any atom is 0.343 e. The number of carbonyl (C=O) groups is 2. The number of hydrogen-bond donors (Lipinski definition) is 2. The van der Waals surface area contributed by atoms with Crippen LogP contribution in [0.15, 0.2) is 0 Å². The lowest BCUT2D eigenvalue weighted by Gasteiger charge is -1.89. The first-order valence-electron chi connectivity index (χ1n) is 2.08. The first-order valence-corrected chi connectivity index (χ1v) is 2.49.